The number of ether oxygens (including phenoxy) is 2. The summed E-state index contributed by atoms with van der Waals surface area (Å²) in [5, 5.41) is 24.0. The van der Waals surface area contributed by atoms with Gasteiger partial charge in [0.05, 0.1) is 29.7 Å². The number of benzene rings is 1. The summed E-state index contributed by atoms with van der Waals surface area (Å²) < 4.78 is 48.3. The van der Waals surface area contributed by atoms with E-state index in [2.05, 4.69) is 10.3 Å². The van der Waals surface area contributed by atoms with E-state index in [1.54, 1.807) is 6.92 Å². The van der Waals surface area contributed by atoms with Gasteiger partial charge in [0.25, 0.3) is 5.69 Å². The number of nitro benzene ring substituents is 1. The van der Waals surface area contributed by atoms with Crippen molar-refractivity contribution in [3.63, 3.8) is 0 Å². The summed E-state index contributed by atoms with van der Waals surface area (Å²) in [6.07, 6.45) is -4.09. The fourth-order valence-corrected chi connectivity index (χ4v) is 2.45. The molecule has 0 fully saturated rings. The van der Waals surface area contributed by atoms with Crippen molar-refractivity contribution >= 4 is 28.9 Å². The summed E-state index contributed by atoms with van der Waals surface area (Å²) in [6.45, 7) is 0.846. The molecule has 0 aliphatic rings. The number of carboxylic acids is 1. The number of aliphatic carboxylic acids is 1. The molecule has 1 unspecified atom stereocenters. The Kier molecular flexibility index (Phi) is 9.97. The maximum atomic E-state index is 12.7. The summed E-state index contributed by atoms with van der Waals surface area (Å²) in [6, 6.07) is 3.67. The number of nitro groups is 1. The number of aromatic nitrogens is 1. The number of hydrogen-bond acceptors (Lipinski definition) is 8. The van der Waals surface area contributed by atoms with Crippen LogP contribution in [0.1, 0.15) is 12.5 Å². The van der Waals surface area contributed by atoms with Gasteiger partial charge in [-0.3, -0.25) is 10.1 Å². The SMILES string of the molecule is CC(COCC(=O)[O-])Nc1cc(Oc2ncc(C(F)(F)F)cc2Cl)ccc1[N+](=O)[O-].[Na+]. The molecule has 1 aromatic carbocycles. The fourth-order valence-electron chi connectivity index (χ4n) is 2.25. The second-order valence-electron chi connectivity index (χ2n) is 5.98. The maximum absolute atomic E-state index is 12.7. The number of nitrogens with one attached hydrogen (secondary N) is 1. The van der Waals surface area contributed by atoms with Gasteiger partial charge < -0.3 is 24.7 Å². The third-order valence-electron chi connectivity index (χ3n) is 3.50. The average Bonchev–Trinajstić information content (AvgIpc) is 2.62. The standard InChI is InChI=1S/C17H15ClF3N3O6.Na/c1-9(7-29-8-15(25)26)23-13-5-11(2-3-14(13)24(27)28)30-16-12(18)4-10(6-22-16)17(19,20)21;/h2-6,9,23H,7-8H2,1H3,(H,25,26);/q;+1/p-1. The summed E-state index contributed by atoms with van der Waals surface area (Å²) in [7, 11) is 0. The monoisotopic (exact) mass is 471 g/mol. The maximum Gasteiger partial charge on any atom is 1.00 e. The third kappa shape index (κ3) is 8.15. The zero-order valence-electron chi connectivity index (χ0n) is 16.2. The van der Waals surface area contributed by atoms with Crippen LogP contribution >= 0.6 is 11.6 Å². The molecule has 1 N–H and O–H groups in total. The first-order valence-electron chi connectivity index (χ1n) is 8.20. The molecule has 0 aliphatic carbocycles. The van der Waals surface area contributed by atoms with Gasteiger partial charge in [-0.2, -0.15) is 13.2 Å². The van der Waals surface area contributed by atoms with Crippen molar-refractivity contribution in [1.82, 2.24) is 4.98 Å². The molecule has 0 radical (unpaired) electrons. The Bertz CT molecular complexity index is 948. The van der Waals surface area contributed by atoms with Crippen LogP contribution in [0.25, 0.3) is 0 Å². The van der Waals surface area contributed by atoms with Crippen LogP contribution < -0.4 is 44.7 Å². The minimum Gasteiger partial charge on any atom is -0.548 e. The smallest absolute Gasteiger partial charge is 0.548 e. The topological polar surface area (TPSA) is 127 Å². The van der Waals surface area contributed by atoms with Gasteiger partial charge >= 0.3 is 35.7 Å². The molecule has 1 atom stereocenters. The van der Waals surface area contributed by atoms with Gasteiger partial charge in [0.15, 0.2) is 0 Å². The summed E-state index contributed by atoms with van der Waals surface area (Å²) >= 11 is 5.79. The molecule has 9 nitrogen and oxygen atoms in total. The number of anilines is 1. The normalized spacial score (nSPS) is 11.9. The van der Waals surface area contributed by atoms with Crippen molar-refractivity contribution in [2.75, 3.05) is 18.5 Å². The average molecular weight is 472 g/mol. The van der Waals surface area contributed by atoms with E-state index in [0.29, 0.717) is 12.3 Å². The van der Waals surface area contributed by atoms with Crippen LogP contribution in [-0.4, -0.2) is 35.1 Å². The van der Waals surface area contributed by atoms with Crippen molar-refractivity contribution in [3.05, 3.63) is 51.2 Å². The first-order valence-corrected chi connectivity index (χ1v) is 8.58. The van der Waals surface area contributed by atoms with Gasteiger partial charge in [-0.05, 0) is 19.1 Å². The van der Waals surface area contributed by atoms with Crippen LogP contribution in [0, 0.1) is 10.1 Å². The Balaban J connectivity index is 0.00000480. The first kappa shape index (κ1) is 26.9. The van der Waals surface area contributed by atoms with E-state index in [9.17, 15) is 33.2 Å². The molecule has 0 aliphatic heterocycles. The van der Waals surface area contributed by atoms with Gasteiger partial charge in [-0.15, -0.1) is 0 Å². The van der Waals surface area contributed by atoms with E-state index in [0.717, 1.165) is 6.07 Å². The van der Waals surface area contributed by atoms with Crippen molar-refractivity contribution in [2.24, 2.45) is 0 Å². The predicted octanol–water partition coefficient (Wildman–Crippen LogP) is 0.0252. The number of alkyl halides is 3. The van der Waals surface area contributed by atoms with Crippen molar-refractivity contribution in [3.8, 4) is 11.6 Å². The molecule has 31 heavy (non-hydrogen) atoms. The van der Waals surface area contributed by atoms with Crippen LogP contribution in [0.5, 0.6) is 11.6 Å². The van der Waals surface area contributed by atoms with E-state index in [-0.39, 0.29) is 59.2 Å². The molecule has 0 amide bonds. The van der Waals surface area contributed by atoms with Crippen LogP contribution in [0.3, 0.4) is 0 Å². The number of carbonyl (C=O) groups excluding carboxylic acids is 1. The van der Waals surface area contributed by atoms with Crippen molar-refractivity contribution < 1.29 is 67.0 Å². The van der Waals surface area contributed by atoms with E-state index in [1.165, 1.54) is 12.1 Å². The molecule has 1 aromatic heterocycles. The zero-order valence-corrected chi connectivity index (χ0v) is 19.0. The predicted molar refractivity (Wildman–Crippen MR) is 96.3 cm³/mol. The number of hydrogen-bond donors (Lipinski definition) is 1. The molecular formula is C17H14ClF3N3NaO6. The summed E-state index contributed by atoms with van der Waals surface area (Å²) in [5.41, 5.74) is -1.37. The third-order valence-corrected chi connectivity index (χ3v) is 3.77. The van der Waals surface area contributed by atoms with E-state index in [4.69, 9.17) is 21.1 Å². The van der Waals surface area contributed by atoms with Crippen molar-refractivity contribution in [1.29, 1.82) is 0 Å². The quantitative estimate of drug-likeness (QED) is 0.308. The van der Waals surface area contributed by atoms with Crippen molar-refractivity contribution in [2.45, 2.75) is 19.1 Å². The summed E-state index contributed by atoms with van der Waals surface area (Å²) in [4.78, 5) is 24.5. The number of rotatable bonds is 9. The molecule has 2 aromatic rings. The van der Waals surface area contributed by atoms with Gasteiger partial charge in [0.2, 0.25) is 5.88 Å². The molecule has 2 rings (SSSR count). The molecule has 0 bridgehead atoms. The van der Waals surface area contributed by atoms with Gasteiger partial charge in [0, 0.05) is 24.4 Å². The number of halogens is 4. The Morgan fingerprint density at radius 3 is 2.58 bits per heavy atom. The Morgan fingerprint density at radius 1 is 1.35 bits per heavy atom. The molecule has 162 valence electrons. The molecule has 0 saturated carbocycles. The number of pyridine rings is 1. The van der Waals surface area contributed by atoms with E-state index < -0.39 is 40.3 Å². The van der Waals surface area contributed by atoms with Crippen LogP contribution in [0.4, 0.5) is 24.5 Å². The molecular weight excluding hydrogens is 458 g/mol. The summed E-state index contributed by atoms with van der Waals surface area (Å²) in [5.74, 6) is -1.72. The van der Waals surface area contributed by atoms with Gasteiger partial charge in [-0.1, -0.05) is 11.6 Å². The minimum absolute atomic E-state index is 0. The second-order valence-corrected chi connectivity index (χ2v) is 6.39. The Labute approximate surface area is 200 Å². The largest absolute Gasteiger partial charge is 1.00 e. The number of nitrogens with zero attached hydrogens (tertiary/aromatic N) is 2. The number of carbonyl (C=O) groups is 1. The zero-order chi connectivity index (χ0) is 22.5. The molecule has 1 heterocycles. The Hall–Kier alpha value is -2.12. The van der Waals surface area contributed by atoms with Crippen LogP contribution in [-0.2, 0) is 15.7 Å². The van der Waals surface area contributed by atoms with Gasteiger partial charge in [-0.25, -0.2) is 4.98 Å². The first-order chi connectivity index (χ1) is 14.0. The second kappa shape index (κ2) is 11.5. The molecule has 0 saturated heterocycles. The molecule has 14 heteroatoms. The fraction of sp³-hybridized carbons (Fsp3) is 0.294. The van der Waals surface area contributed by atoms with E-state index in [1.807, 2.05) is 0 Å². The van der Waals surface area contributed by atoms with E-state index >= 15 is 0 Å². The van der Waals surface area contributed by atoms with Gasteiger partial charge in [0.1, 0.15) is 16.5 Å². The minimum atomic E-state index is -4.63. The van der Waals surface area contributed by atoms with Crippen LogP contribution in [0.2, 0.25) is 5.02 Å². The molecule has 0 spiro atoms. The number of carboxylic acid groups (broad SMARTS) is 1. The van der Waals surface area contributed by atoms with Crippen LogP contribution in [0.15, 0.2) is 30.5 Å². The Morgan fingerprint density at radius 2 is 2.03 bits per heavy atom.